The summed E-state index contributed by atoms with van der Waals surface area (Å²) in [6.45, 7) is 3.89. The van der Waals surface area contributed by atoms with Gasteiger partial charge in [-0.2, -0.15) is 16.6 Å². The summed E-state index contributed by atoms with van der Waals surface area (Å²) in [7, 11) is 0. The quantitative estimate of drug-likeness (QED) is 0.715. The molecule has 1 aliphatic rings. The van der Waals surface area contributed by atoms with E-state index in [1.807, 2.05) is 46.0 Å². The third kappa shape index (κ3) is 4.11. The topological polar surface area (TPSA) is 88.9 Å². The highest BCUT2D eigenvalue weighted by Crippen LogP contribution is 2.18. The highest BCUT2D eigenvalue weighted by atomic mass is 32.1. The number of hydrogen-bond donors (Lipinski definition) is 1. The molecule has 8 heteroatoms. The normalized spacial score (nSPS) is 14.8. The van der Waals surface area contributed by atoms with Crippen LogP contribution >= 0.6 is 11.3 Å². The van der Waals surface area contributed by atoms with Crippen molar-refractivity contribution in [3.63, 3.8) is 0 Å². The molecule has 28 heavy (non-hydrogen) atoms. The van der Waals surface area contributed by atoms with E-state index in [2.05, 4.69) is 19.9 Å². The molecule has 7 nitrogen and oxygen atoms in total. The van der Waals surface area contributed by atoms with Gasteiger partial charge in [-0.05, 0) is 34.5 Å². The zero-order valence-electron chi connectivity index (χ0n) is 15.3. The van der Waals surface area contributed by atoms with Gasteiger partial charge in [0, 0.05) is 45.3 Å². The number of piperazine rings is 1. The van der Waals surface area contributed by atoms with E-state index in [4.69, 9.17) is 0 Å². The zero-order valence-corrected chi connectivity index (χ0v) is 16.2. The largest absolute Gasteiger partial charge is 0.353 e. The van der Waals surface area contributed by atoms with E-state index in [0.717, 1.165) is 44.0 Å². The number of nitrogens with zero attached hydrogens (tertiary/aromatic N) is 5. The Hall–Kier alpha value is -3.02. The maximum atomic E-state index is 12.4. The van der Waals surface area contributed by atoms with Crippen molar-refractivity contribution in [2.75, 3.05) is 31.1 Å². The standard InChI is InChI=1S/C20H20N6OS/c21-12-17-19(23-18(24-20(17)27)11-15-4-10-28-14-15)26-8-6-25(7-9-26)13-16-3-1-2-5-22-16/h1-5,10,14H,6-9,11,13H2,(H,23,24,27). The Kier molecular flexibility index (Phi) is 5.46. The average Bonchev–Trinajstić information content (AvgIpc) is 3.22. The highest BCUT2D eigenvalue weighted by Gasteiger charge is 2.23. The van der Waals surface area contributed by atoms with Gasteiger partial charge in [0.2, 0.25) is 0 Å². The lowest BCUT2D eigenvalue weighted by molar-refractivity contribution is 0.246. The number of nitrogens with one attached hydrogen (secondary N) is 1. The number of nitriles is 1. The SMILES string of the molecule is N#Cc1c(N2CCN(Cc3ccccn3)CC2)nc(Cc2ccsc2)[nH]c1=O. The predicted octanol–water partition coefficient (Wildman–Crippen LogP) is 2.01. The Labute approximate surface area is 166 Å². The molecule has 0 unspecified atom stereocenters. The molecule has 1 fully saturated rings. The molecule has 1 saturated heterocycles. The monoisotopic (exact) mass is 392 g/mol. The molecule has 0 aromatic carbocycles. The molecule has 0 radical (unpaired) electrons. The third-order valence-electron chi connectivity index (χ3n) is 4.80. The minimum Gasteiger partial charge on any atom is -0.353 e. The fourth-order valence-corrected chi connectivity index (χ4v) is 4.01. The van der Waals surface area contributed by atoms with Gasteiger partial charge in [0.25, 0.3) is 5.56 Å². The van der Waals surface area contributed by atoms with Crippen LogP contribution in [0.15, 0.2) is 46.0 Å². The Morgan fingerprint density at radius 1 is 1.21 bits per heavy atom. The molecule has 1 aliphatic heterocycles. The van der Waals surface area contributed by atoms with Gasteiger partial charge in [-0.1, -0.05) is 6.07 Å². The summed E-state index contributed by atoms with van der Waals surface area (Å²) >= 11 is 1.61. The van der Waals surface area contributed by atoms with E-state index in [1.165, 1.54) is 0 Å². The molecule has 0 bridgehead atoms. The summed E-state index contributed by atoms with van der Waals surface area (Å²) in [4.78, 5) is 28.5. The van der Waals surface area contributed by atoms with Gasteiger partial charge >= 0.3 is 0 Å². The third-order valence-corrected chi connectivity index (χ3v) is 5.53. The van der Waals surface area contributed by atoms with Crippen LogP contribution in [0.1, 0.15) is 22.6 Å². The molecule has 4 rings (SSSR count). The first-order valence-electron chi connectivity index (χ1n) is 9.14. The average molecular weight is 392 g/mol. The van der Waals surface area contributed by atoms with Crippen LogP contribution in [0.2, 0.25) is 0 Å². The van der Waals surface area contributed by atoms with Crippen LogP contribution < -0.4 is 10.5 Å². The van der Waals surface area contributed by atoms with Crippen LogP contribution in [0.4, 0.5) is 5.82 Å². The molecule has 0 atom stereocenters. The number of hydrogen-bond acceptors (Lipinski definition) is 7. The Balaban J connectivity index is 1.50. The first kappa shape index (κ1) is 18.3. The van der Waals surface area contributed by atoms with E-state index in [1.54, 1.807) is 17.5 Å². The summed E-state index contributed by atoms with van der Waals surface area (Å²) in [6, 6.07) is 9.97. The van der Waals surface area contributed by atoms with Crippen molar-refractivity contribution in [3.8, 4) is 6.07 Å². The van der Waals surface area contributed by atoms with Crippen molar-refractivity contribution in [1.29, 1.82) is 5.26 Å². The molecule has 4 heterocycles. The van der Waals surface area contributed by atoms with Gasteiger partial charge in [0.15, 0.2) is 11.4 Å². The molecular weight excluding hydrogens is 372 g/mol. The molecule has 0 spiro atoms. The Morgan fingerprint density at radius 2 is 2.07 bits per heavy atom. The van der Waals surface area contributed by atoms with E-state index >= 15 is 0 Å². The van der Waals surface area contributed by atoms with Crippen LogP contribution in [0.5, 0.6) is 0 Å². The second-order valence-corrected chi connectivity index (χ2v) is 7.50. The second-order valence-electron chi connectivity index (χ2n) is 6.72. The summed E-state index contributed by atoms with van der Waals surface area (Å²) in [5, 5.41) is 13.5. The number of H-pyrrole nitrogens is 1. The van der Waals surface area contributed by atoms with Gasteiger partial charge in [0.1, 0.15) is 11.9 Å². The van der Waals surface area contributed by atoms with Crippen LogP contribution in [0, 0.1) is 11.3 Å². The van der Waals surface area contributed by atoms with E-state index in [9.17, 15) is 10.1 Å². The number of thiophene rings is 1. The first-order valence-corrected chi connectivity index (χ1v) is 10.1. The van der Waals surface area contributed by atoms with Crippen molar-refractivity contribution in [2.24, 2.45) is 0 Å². The van der Waals surface area contributed by atoms with Gasteiger partial charge in [-0.25, -0.2) is 4.98 Å². The molecule has 3 aromatic heterocycles. The fraction of sp³-hybridized carbons (Fsp3) is 0.300. The summed E-state index contributed by atoms with van der Waals surface area (Å²) < 4.78 is 0. The first-order chi connectivity index (χ1) is 13.7. The Morgan fingerprint density at radius 3 is 2.75 bits per heavy atom. The molecule has 0 aliphatic carbocycles. The van der Waals surface area contributed by atoms with Gasteiger partial charge < -0.3 is 9.88 Å². The maximum absolute atomic E-state index is 12.4. The van der Waals surface area contributed by atoms with Crippen molar-refractivity contribution >= 4 is 17.2 Å². The van der Waals surface area contributed by atoms with Gasteiger partial charge in [0.05, 0.1) is 5.69 Å². The summed E-state index contributed by atoms with van der Waals surface area (Å²) in [6.07, 6.45) is 2.36. The van der Waals surface area contributed by atoms with Crippen LogP contribution in [-0.2, 0) is 13.0 Å². The van der Waals surface area contributed by atoms with Crippen molar-refractivity contribution in [1.82, 2.24) is 19.9 Å². The molecule has 3 aromatic rings. The minimum atomic E-state index is -0.367. The van der Waals surface area contributed by atoms with E-state index in [0.29, 0.717) is 18.1 Å². The van der Waals surface area contributed by atoms with Crippen LogP contribution in [0.25, 0.3) is 0 Å². The maximum Gasteiger partial charge on any atom is 0.271 e. The van der Waals surface area contributed by atoms with Crippen LogP contribution in [0.3, 0.4) is 0 Å². The summed E-state index contributed by atoms with van der Waals surface area (Å²) in [5.74, 6) is 1.09. The molecule has 0 saturated carbocycles. The van der Waals surface area contributed by atoms with Gasteiger partial charge in [-0.3, -0.25) is 14.7 Å². The zero-order chi connectivity index (χ0) is 19.3. The molecular formula is C20H20N6OS. The van der Waals surface area contributed by atoms with Crippen LogP contribution in [-0.4, -0.2) is 46.0 Å². The molecule has 1 N–H and O–H groups in total. The Bertz CT molecular complexity index is 1020. The van der Waals surface area contributed by atoms with Crippen molar-refractivity contribution in [3.05, 3.63) is 74.2 Å². The predicted molar refractivity (Wildman–Crippen MR) is 108 cm³/mol. The number of anilines is 1. The van der Waals surface area contributed by atoms with E-state index in [-0.39, 0.29) is 11.1 Å². The lowest BCUT2D eigenvalue weighted by atomic mass is 10.2. The van der Waals surface area contributed by atoms with E-state index < -0.39 is 0 Å². The lowest BCUT2D eigenvalue weighted by Crippen LogP contribution is -2.47. The number of aromatic nitrogens is 3. The number of rotatable bonds is 5. The molecule has 0 amide bonds. The van der Waals surface area contributed by atoms with Crippen molar-refractivity contribution < 1.29 is 0 Å². The highest BCUT2D eigenvalue weighted by molar-refractivity contribution is 7.07. The smallest absolute Gasteiger partial charge is 0.271 e. The van der Waals surface area contributed by atoms with Gasteiger partial charge in [-0.15, -0.1) is 0 Å². The van der Waals surface area contributed by atoms with Crippen molar-refractivity contribution in [2.45, 2.75) is 13.0 Å². The fourth-order valence-electron chi connectivity index (χ4n) is 3.35. The minimum absolute atomic E-state index is 0.0900. The number of aromatic amines is 1. The number of pyridine rings is 1. The summed E-state index contributed by atoms with van der Waals surface area (Å²) in [5.41, 5.74) is 1.87. The second kappa shape index (κ2) is 8.33. The lowest BCUT2D eigenvalue weighted by Gasteiger charge is -2.35. The molecule has 142 valence electrons.